The van der Waals surface area contributed by atoms with Gasteiger partial charge in [-0.1, -0.05) is 0 Å². The Labute approximate surface area is 145 Å². The fourth-order valence-electron chi connectivity index (χ4n) is 2.74. The van der Waals surface area contributed by atoms with Crippen molar-refractivity contribution in [2.75, 3.05) is 18.4 Å². The predicted molar refractivity (Wildman–Crippen MR) is 90.0 cm³/mol. The monoisotopic (exact) mass is 366 g/mol. The number of halogens is 1. The van der Waals surface area contributed by atoms with Crippen molar-refractivity contribution >= 4 is 21.6 Å². The first-order chi connectivity index (χ1) is 11.9. The lowest BCUT2D eigenvalue weighted by atomic mass is 10.2. The topological polar surface area (TPSA) is 84.3 Å². The molecule has 1 aromatic carbocycles. The van der Waals surface area contributed by atoms with E-state index < -0.39 is 10.0 Å². The van der Waals surface area contributed by atoms with Crippen LogP contribution in [0.4, 0.5) is 10.1 Å². The van der Waals surface area contributed by atoms with Crippen LogP contribution in [0.5, 0.6) is 0 Å². The summed E-state index contributed by atoms with van der Waals surface area (Å²) < 4.78 is 40.7. The molecule has 0 unspecified atom stereocenters. The smallest absolute Gasteiger partial charge is 0.262 e. The van der Waals surface area contributed by atoms with Gasteiger partial charge < -0.3 is 9.88 Å². The van der Waals surface area contributed by atoms with E-state index in [9.17, 15) is 17.6 Å². The van der Waals surface area contributed by atoms with Crippen molar-refractivity contribution in [1.82, 2.24) is 13.9 Å². The van der Waals surface area contributed by atoms with Gasteiger partial charge in [0.2, 0.25) is 5.91 Å². The second-order valence-electron chi connectivity index (χ2n) is 6.00. The highest BCUT2D eigenvalue weighted by Gasteiger charge is 2.29. The molecule has 2 aromatic rings. The molecule has 3 rings (SSSR count). The first-order valence-corrected chi connectivity index (χ1v) is 9.38. The van der Waals surface area contributed by atoms with Crippen LogP contribution in [0.3, 0.4) is 0 Å². The number of aryl methyl sites for hydroxylation is 1. The Balaban J connectivity index is 1.67. The van der Waals surface area contributed by atoms with Crippen LogP contribution >= 0.6 is 0 Å². The summed E-state index contributed by atoms with van der Waals surface area (Å²) in [5.74, 6) is -0.723. The zero-order chi connectivity index (χ0) is 18.0. The van der Waals surface area contributed by atoms with Crippen LogP contribution in [0.1, 0.15) is 18.4 Å². The molecule has 25 heavy (non-hydrogen) atoms. The number of benzene rings is 1. The maximum absolute atomic E-state index is 13.1. The number of nitrogens with one attached hydrogen (secondary N) is 1. The summed E-state index contributed by atoms with van der Waals surface area (Å²) in [4.78, 5) is 16.0. The Morgan fingerprint density at radius 1 is 1.32 bits per heavy atom. The zero-order valence-corrected chi connectivity index (χ0v) is 14.6. The van der Waals surface area contributed by atoms with E-state index in [-0.39, 0.29) is 23.3 Å². The number of aromatic nitrogens is 2. The molecule has 1 fully saturated rings. The van der Waals surface area contributed by atoms with Gasteiger partial charge in [0.25, 0.3) is 10.0 Å². The molecule has 1 aromatic heterocycles. The minimum Gasteiger partial charge on any atom is -0.327 e. The standard InChI is InChI=1S/C16H19FN4O3S/c1-12-8-13(17)4-5-14(12)19-15(22)9-20-10-16(18-11-20)25(23,24)21-6-2-3-7-21/h4-5,8,10-11H,2-3,6-7,9H2,1H3,(H,19,22). The van der Waals surface area contributed by atoms with Crippen LogP contribution in [0.15, 0.2) is 35.7 Å². The Morgan fingerprint density at radius 3 is 2.72 bits per heavy atom. The van der Waals surface area contributed by atoms with E-state index >= 15 is 0 Å². The van der Waals surface area contributed by atoms with E-state index in [0.29, 0.717) is 24.3 Å². The number of hydrogen-bond donors (Lipinski definition) is 1. The fraction of sp³-hybridized carbons (Fsp3) is 0.375. The highest BCUT2D eigenvalue weighted by Crippen LogP contribution is 2.19. The molecule has 7 nitrogen and oxygen atoms in total. The number of rotatable bonds is 5. The molecular formula is C16H19FN4O3S. The quantitative estimate of drug-likeness (QED) is 0.874. The summed E-state index contributed by atoms with van der Waals surface area (Å²) in [6, 6.07) is 4.08. The molecule has 0 bridgehead atoms. The van der Waals surface area contributed by atoms with Crippen molar-refractivity contribution in [1.29, 1.82) is 0 Å². The number of imidazole rings is 1. The summed E-state index contributed by atoms with van der Waals surface area (Å²) in [7, 11) is -3.60. The van der Waals surface area contributed by atoms with E-state index in [0.717, 1.165) is 12.8 Å². The van der Waals surface area contributed by atoms with Crippen molar-refractivity contribution < 1.29 is 17.6 Å². The molecule has 2 heterocycles. The molecule has 0 atom stereocenters. The van der Waals surface area contributed by atoms with Crippen LogP contribution in [-0.2, 0) is 21.4 Å². The van der Waals surface area contributed by atoms with Crippen LogP contribution in [0.2, 0.25) is 0 Å². The summed E-state index contributed by atoms with van der Waals surface area (Å²) in [5, 5.41) is 2.62. The van der Waals surface area contributed by atoms with Crippen LogP contribution < -0.4 is 5.32 Å². The fourth-order valence-corrected chi connectivity index (χ4v) is 4.20. The maximum atomic E-state index is 13.1. The maximum Gasteiger partial charge on any atom is 0.262 e. The number of anilines is 1. The van der Waals surface area contributed by atoms with Crippen LogP contribution in [0, 0.1) is 12.7 Å². The van der Waals surface area contributed by atoms with Gasteiger partial charge in [-0.15, -0.1) is 0 Å². The van der Waals surface area contributed by atoms with Crippen molar-refractivity contribution in [3.63, 3.8) is 0 Å². The second kappa shape index (κ2) is 6.93. The Kier molecular flexibility index (Phi) is 4.87. The van der Waals surface area contributed by atoms with E-state index in [2.05, 4.69) is 10.3 Å². The van der Waals surface area contributed by atoms with Gasteiger partial charge in [0.05, 0.1) is 6.33 Å². The van der Waals surface area contributed by atoms with Gasteiger partial charge in [0.1, 0.15) is 12.4 Å². The van der Waals surface area contributed by atoms with E-state index in [1.165, 1.54) is 39.6 Å². The highest BCUT2D eigenvalue weighted by molar-refractivity contribution is 7.89. The Bertz CT molecular complexity index is 889. The lowest BCUT2D eigenvalue weighted by Crippen LogP contribution is -2.28. The molecule has 0 spiro atoms. The number of sulfonamides is 1. The summed E-state index contributed by atoms with van der Waals surface area (Å²) in [6.45, 7) is 2.61. The second-order valence-corrected chi connectivity index (χ2v) is 7.89. The van der Waals surface area contributed by atoms with E-state index in [1.807, 2.05) is 0 Å². The molecule has 1 aliphatic rings. The van der Waals surface area contributed by atoms with Crippen molar-refractivity contribution in [3.8, 4) is 0 Å². The van der Waals surface area contributed by atoms with E-state index in [4.69, 9.17) is 0 Å². The lowest BCUT2D eigenvalue weighted by Gasteiger charge is -2.12. The molecule has 0 saturated carbocycles. The van der Waals surface area contributed by atoms with Gasteiger partial charge in [-0.25, -0.2) is 17.8 Å². The average molecular weight is 366 g/mol. The van der Waals surface area contributed by atoms with Crippen molar-refractivity contribution in [2.24, 2.45) is 0 Å². The van der Waals surface area contributed by atoms with Crippen molar-refractivity contribution in [2.45, 2.75) is 31.3 Å². The SMILES string of the molecule is Cc1cc(F)ccc1NC(=O)Cn1cnc(S(=O)(=O)N2CCCC2)c1. The van der Waals surface area contributed by atoms with Gasteiger partial charge in [-0.3, -0.25) is 4.79 Å². The first kappa shape index (κ1) is 17.6. The Morgan fingerprint density at radius 2 is 2.04 bits per heavy atom. The lowest BCUT2D eigenvalue weighted by molar-refractivity contribution is -0.116. The normalized spacial score (nSPS) is 15.4. The van der Waals surface area contributed by atoms with Crippen molar-refractivity contribution in [3.05, 3.63) is 42.1 Å². The zero-order valence-electron chi connectivity index (χ0n) is 13.8. The van der Waals surface area contributed by atoms with Crippen LogP contribution in [-0.4, -0.2) is 41.3 Å². The molecule has 9 heteroatoms. The van der Waals surface area contributed by atoms with Gasteiger partial charge in [-0.2, -0.15) is 4.31 Å². The largest absolute Gasteiger partial charge is 0.327 e. The number of nitrogens with zero attached hydrogens (tertiary/aromatic N) is 3. The molecular weight excluding hydrogens is 347 g/mol. The molecule has 1 aliphatic heterocycles. The number of carbonyl (C=O) groups is 1. The molecule has 1 amide bonds. The third-order valence-corrected chi connectivity index (χ3v) is 5.85. The minimum atomic E-state index is -3.60. The number of hydrogen-bond acceptors (Lipinski definition) is 4. The van der Waals surface area contributed by atoms with Gasteiger partial charge in [-0.05, 0) is 43.5 Å². The third kappa shape index (κ3) is 3.88. The predicted octanol–water partition coefficient (Wildman–Crippen LogP) is 1.75. The number of carbonyl (C=O) groups excluding carboxylic acids is 1. The van der Waals surface area contributed by atoms with Crippen LogP contribution in [0.25, 0.3) is 0 Å². The van der Waals surface area contributed by atoms with E-state index in [1.54, 1.807) is 6.92 Å². The summed E-state index contributed by atoms with van der Waals surface area (Å²) >= 11 is 0. The van der Waals surface area contributed by atoms with Gasteiger partial charge in [0, 0.05) is 25.0 Å². The minimum absolute atomic E-state index is 0.0554. The highest BCUT2D eigenvalue weighted by atomic mass is 32.2. The Hall–Kier alpha value is -2.26. The average Bonchev–Trinajstić information content (AvgIpc) is 3.22. The molecule has 134 valence electrons. The number of amides is 1. The first-order valence-electron chi connectivity index (χ1n) is 7.94. The van der Waals surface area contributed by atoms with Gasteiger partial charge >= 0.3 is 0 Å². The van der Waals surface area contributed by atoms with Gasteiger partial charge in [0.15, 0.2) is 5.03 Å². The molecule has 0 radical (unpaired) electrons. The summed E-state index contributed by atoms with van der Waals surface area (Å²) in [6.07, 6.45) is 4.36. The molecule has 1 N–H and O–H groups in total. The summed E-state index contributed by atoms with van der Waals surface area (Å²) in [5.41, 5.74) is 1.12. The third-order valence-electron chi connectivity index (χ3n) is 4.07. The molecule has 0 aliphatic carbocycles. The molecule has 1 saturated heterocycles.